The van der Waals surface area contributed by atoms with Gasteiger partial charge in [0.1, 0.15) is 0 Å². The van der Waals surface area contributed by atoms with Gasteiger partial charge in [0.25, 0.3) is 0 Å². The van der Waals surface area contributed by atoms with Crippen LogP contribution in [0.3, 0.4) is 0 Å². The van der Waals surface area contributed by atoms with Crippen LogP contribution in [0.4, 0.5) is 0 Å². The van der Waals surface area contributed by atoms with Gasteiger partial charge < -0.3 is 9.84 Å². The van der Waals surface area contributed by atoms with Crippen LogP contribution in [0.5, 0.6) is 0 Å². The van der Waals surface area contributed by atoms with E-state index >= 15 is 0 Å². The smallest absolute Gasteiger partial charge is 0.337 e. The predicted octanol–water partition coefficient (Wildman–Crippen LogP) is 6.74. The van der Waals surface area contributed by atoms with Gasteiger partial charge in [0.05, 0.1) is 5.60 Å². The Morgan fingerprint density at radius 1 is 1.14 bits per heavy atom. The molecule has 3 rings (SSSR count). The molecule has 3 nitrogen and oxygen atoms in total. The molecule has 28 heavy (non-hydrogen) atoms. The number of carboxylic acids is 1. The molecule has 0 saturated heterocycles. The van der Waals surface area contributed by atoms with Crippen LogP contribution in [-0.2, 0) is 9.53 Å². The van der Waals surface area contributed by atoms with Gasteiger partial charge in [-0.15, -0.1) is 0 Å². The Labute approximate surface area is 170 Å². The SMILES string of the molecule is C=Cc1cc2ccccc2c(-c2ccc(Cl)cc2)c1C(OC(C)(C)C)C(=O)O. The van der Waals surface area contributed by atoms with Gasteiger partial charge in [0.2, 0.25) is 0 Å². The minimum Gasteiger partial charge on any atom is -0.479 e. The van der Waals surface area contributed by atoms with E-state index in [-0.39, 0.29) is 0 Å². The van der Waals surface area contributed by atoms with Crippen molar-refractivity contribution in [1.82, 2.24) is 0 Å². The summed E-state index contributed by atoms with van der Waals surface area (Å²) in [5, 5.41) is 12.6. The van der Waals surface area contributed by atoms with E-state index < -0.39 is 17.7 Å². The molecule has 0 saturated carbocycles. The molecule has 0 heterocycles. The maximum atomic E-state index is 12.2. The largest absolute Gasteiger partial charge is 0.479 e. The second-order valence-corrected chi connectivity index (χ2v) is 8.07. The summed E-state index contributed by atoms with van der Waals surface area (Å²) < 4.78 is 5.99. The fourth-order valence-corrected chi connectivity index (χ4v) is 3.48. The molecule has 1 unspecified atom stereocenters. The summed E-state index contributed by atoms with van der Waals surface area (Å²) >= 11 is 6.08. The summed E-state index contributed by atoms with van der Waals surface area (Å²) in [6.45, 7) is 9.46. The Morgan fingerprint density at radius 2 is 1.79 bits per heavy atom. The average Bonchev–Trinajstić information content (AvgIpc) is 2.64. The Bertz CT molecular complexity index is 1030. The summed E-state index contributed by atoms with van der Waals surface area (Å²) in [6, 6.07) is 17.3. The topological polar surface area (TPSA) is 46.5 Å². The van der Waals surface area contributed by atoms with Crippen molar-refractivity contribution in [1.29, 1.82) is 0 Å². The molecule has 0 aliphatic rings. The van der Waals surface area contributed by atoms with E-state index in [2.05, 4.69) is 6.58 Å². The predicted molar refractivity (Wildman–Crippen MR) is 116 cm³/mol. The van der Waals surface area contributed by atoms with E-state index in [1.807, 2.05) is 63.2 Å². The van der Waals surface area contributed by atoms with E-state index in [0.29, 0.717) is 10.6 Å². The molecule has 1 N–H and O–H groups in total. The number of hydrogen-bond donors (Lipinski definition) is 1. The number of carbonyl (C=O) groups is 1. The highest BCUT2D eigenvalue weighted by molar-refractivity contribution is 6.30. The van der Waals surface area contributed by atoms with Crippen LogP contribution in [-0.4, -0.2) is 16.7 Å². The average molecular weight is 395 g/mol. The number of halogens is 1. The number of carboxylic acid groups (broad SMARTS) is 1. The number of rotatable bonds is 5. The van der Waals surface area contributed by atoms with Crippen molar-refractivity contribution in [2.45, 2.75) is 32.5 Å². The zero-order valence-electron chi connectivity index (χ0n) is 16.2. The van der Waals surface area contributed by atoms with Gasteiger partial charge in [-0.25, -0.2) is 4.79 Å². The van der Waals surface area contributed by atoms with Crippen molar-refractivity contribution in [3.8, 4) is 11.1 Å². The third kappa shape index (κ3) is 4.11. The van der Waals surface area contributed by atoms with Crippen LogP contribution in [0.2, 0.25) is 5.02 Å². The second kappa shape index (κ2) is 7.78. The maximum Gasteiger partial charge on any atom is 0.337 e. The zero-order chi connectivity index (χ0) is 20.5. The standard InChI is InChI=1S/C24H23ClO3/c1-5-15-14-17-8-6-7-9-19(17)20(16-10-12-18(25)13-11-16)21(15)22(23(26)27)28-24(2,3)4/h5-14,22H,1H2,2-4H3,(H,26,27). The van der Waals surface area contributed by atoms with E-state index in [1.165, 1.54) is 0 Å². The molecular formula is C24H23ClO3. The molecule has 4 heteroatoms. The molecule has 3 aromatic carbocycles. The third-order valence-electron chi connectivity index (χ3n) is 4.43. The van der Waals surface area contributed by atoms with Crippen LogP contribution in [0.25, 0.3) is 28.0 Å². The van der Waals surface area contributed by atoms with Gasteiger partial charge in [-0.1, -0.05) is 60.7 Å². The first-order valence-corrected chi connectivity index (χ1v) is 9.43. The highest BCUT2D eigenvalue weighted by atomic mass is 35.5. The fraction of sp³-hybridized carbons (Fsp3) is 0.208. The molecule has 0 bridgehead atoms. The van der Waals surface area contributed by atoms with Gasteiger partial charge in [0.15, 0.2) is 6.10 Å². The van der Waals surface area contributed by atoms with Gasteiger partial charge in [-0.2, -0.15) is 0 Å². The lowest BCUT2D eigenvalue weighted by atomic mass is 9.86. The van der Waals surface area contributed by atoms with Crippen LogP contribution in [0.15, 0.2) is 61.2 Å². The quantitative estimate of drug-likeness (QED) is 0.521. The molecule has 0 aliphatic carbocycles. The fourth-order valence-electron chi connectivity index (χ4n) is 3.35. The first kappa shape index (κ1) is 20.1. The maximum absolute atomic E-state index is 12.2. The molecule has 0 radical (unpaired) electrons. The van der Waals surface area contributed by atoms with Gasteiger partial charge in [0, 0.05) is 10.6 Å². The Kier molecular flexibility index (Phi) is 5.59. The summed E-state index contributed by atoms with van der Waals surface area (Å²) in [6.07, 6.45) is 0.548. The monoisotopic (exact) mass is 394 g/mol. The normalized spacial score (nSPS) is 12.7. The number of fused-ring (bicyclic) bond motifs is 1. The van der Waals surface area contributed by atoms with Crippen LogP contribution >= 0.6 is 11.6 Å². The van der Waals surface area contributed by atoms with E-state index in [4.69, 9.17) is 16.3 Å². The molecule has 0 spiro atoms. The molecule has 0 aromatic heterocycles. The summed E-state index contributed by atoms with van der Waals surface area (Å²) in [5.74, 6) is -1.04. The van der Waals surface area contributed by atoms with E-state index in [1.54, 1.807) is 18.2 Å². The number of ether oxygens (including phenoxy) is 1. The van der Waals surface area contributed by atoms with E-state index in [9.17, 15) is 9.90 Å². The molecule has 3 aromatic rings. The molecule has 0 fully saturated rings. The molecule has 0 amide bonds. The van der Waals surface area contributed by atoms with Crippen molar-refractivity contribution in [3.63, 3.8) is 0 Å². The minimum atomic E-state index is -1.14. The lowest BCUT2D eigenvalue weighted by molar-refractivity contribution is -0.160. The van der Waals surface area contributed by atoms with Crippen molar-refractivity contribution >= 4 is 34.4 Å². The van der Waals surface area contributed by atoms with Crippen LogP contribution in [0.1, 0.15) is 38.0 Å². The number of aliphatic carboxylic acids is 1. The van der Waals surface area contributed by atoms with Gasteiger partial charge in [-0.3, -0.25) is 0 Å². The minimum absolute atomic E-state index is 0.596. The van der Waals surface area contributed by atoms with Crippen LogP contribution < -0.4 is 0 Å². The lowest BCUT2D eigenvalue weighted by Crippen LogP contribution is -2.28. The molecule has 1 atom stereocenters. The van der Waals surface area contributed by atoms with E-state index in [0.717, 1.165) is 27.5 Å². The first-order chi connectivity index (χ1) is 13.2. The molecule has 0 aliphatic heterocycles. The van der Waals surface area contributed by atoms with Crippen molar-refractivity contribution in [2.24, 2.45) is 0 Å². The molecule has 144 valence electrons. The third-order valence-corrected chi connectivity index (χ3v) is 4.68. The van der Waals surface area contributed by atoms with Crippen molar-refractivity contribution in [2.75, 3.05) is 0 Å². The summed E-state index contributed by atoms with van der Waals surface area (Å²) in [5.41, 5.74) is 2.40. The van der Waals surface area contributed by atoms with Crippen molar-refractivity contribution < 1.29 is 14.6 Å². The Morgan fingerprint density at radius 3 is 2.36 bits per heavy atom. The Hall–Kier alpha value is -2.62. The lowest BCUT2D eigenvalue weighted by Gasteiger charge is -2.28. The van der Waals surface area contributed by atoms with Gasteiger partial charge in [-0.05, 0) is 66.4 Å². The van der Waals surface area contributed by atoms with Crippen LogP contribution in [0, 0.1) is 0 Å². The number of hydrogen-bond acceptors (Lipinski definition) is 2. The number of benzene rings is 3. The summed E-state index contributed by atoms with van der Waals surface area (Å²) in [4.78, 5) is 12.2. The Balaban J connectivity index is 2.42. The zero-order valence-corrected chi connectivity index (χ0v) is 17.0. The first-order valence-electron chi connectivity index (χ1n) is 9.06. The second-order valence-electron chi connectivity index (χ2n) is 7.64. The highest BCUT2D eigenvalue weighted by Crippen LogP contribution is 2.41. The summed E-state index contributed by atoms with van der Waals surface area (Å²) in [7, 11) is 0. The highest BCUT2D eigenvalue weighted by Gasteiger charge is 2.31. The van der Waals surface area contributed by atoms with Crippen molar-refractivity contribution in [3.05, 3.63) is 77.3 Å². The molecular weight excluding hydrogens is 372 g/mol. The van der Waals surface area contributed by atoms with Gasteiger partial charge >= 0.3 is 5.97 Å².